The van der Waals surface area contributed by atoms with Crippen LogP contribution in [0.2, 0.25) is 0 Å². The number of pyridine rings is 1. The molecule has 0 fully saturated rings. The molecule has 0 atom stereocenters. The predicted molar refractivity (Wildman–Crippen MR) is 110 cm³/mol. The van der Waals surface area contributed by atoms with Gasteiger partial charge >= 0.3 is 0 Å². The van der Waals surface area contributed by atoms with Gasteiger partial charge in [0.15, 0.2) is 16.7 Å². The first-order chi connectivity index (χ1) is 14.1. The van der Waals surface area contributed by atoms with Crippen molar-refractivity contribution in [2.24, 2.45) is 7.05 Å². The molecule has 29 heavy (non-hydrogen) atoms. The van der Waals surface area contributed by atoms with Crippen molar-refractivity contribution in [3.05, 3.63) is 63.9 Å². The minimum atomic E-state index is -0.317. The Morgan fingerprint density at radius 2 is 2.10 bits per heavy atom. The van der Waals surface area contributed by atoms with E-state index in [9.17, 15) is 9.90 Å². The average molecular weight is 385 g/mol. The Labute approximate surface area is 163 Å². The highest BCUT2D eigenvalue weighted by Crippen LogP contribution is 2.41. The molecule has 4 heterocycles. The monoisotopic (exact) mass is 385 g/mol. The van der Waals surface area contributed by atoms with Crippen LogP contribution in [-0.4, -0.2) is 26.5 Å². The third-order valence-corrected chi connectivity index (χ3v) is 5.35. The normalized spacial score (nSPS) is 13.6. The van der Waals surface area contributed by atoms with E-state index in [1.54, 1.807) is 4.68 Å². The topological polar surface area (TPSA) is 93.3 Å². The van der Waals surface area contributed by atoms with Gasteiger partial charge in [-0.2, -0.15) is 0 Å². The van der Waals surface area contributed by atoms with Crippen molar-refractivity contribution in [2.75, 3.05) is 6.61 Å². The number of hydrogen-bond acceptors (Lipinski definition) is 5. The predicted octanol–water partition coefficient (Wildman–Crippen LogP) is 3.80. The van der Waals surface area contributed by atoms with Crippen molar-refractivity contribution in [3.63, 3.8) is 0 Å². The number of rotatable bonds is 1. The zero-order chi connectivity index (χ0) is 19.7. The number of furan rings is 1. The molecular weight excluding hydrogens is 370 g/mol. The fourth-order valence-electron chi connectivity index (χ4n) is 4.04. The molecule has 2 aromatic carbocycles. The van der Waals surface area contributed by atoms with Crippen LogP contribution in [0.15, 0.2) is 51.8 Å². The van der Waals surface area contributed by atoms with Crippen LogP contribution < -0.4 is 10.2 Å². The van der Waals surface area contributed by atoms with E-state index in [0.717, 1.165) is 27.8 Å². The Bertz CT molecular complexity index is 1550. The number of nitrogens with one attached hydrogen (secondary N) is 1. The van der Waals surface area contributed by atoms with Crippen LogP contribution in [-0.2, 0) is 7.05 Å². The van der Waals surface area contributed by atoms with Gasteiger partial charge in [0.2, 0.25) is 0 Å². The van der Waals surface area contributed by atoms with E-state index in [-0.39, 0.29) is 11.2 Å². The molecule has 3 aromatic heterocycles. The Balaban J connectivity index is 1.78. The Morgan fingerprint density at radius 1 is 1.24 bits per heavy atom. The van der Waals surface area contributed by atoms with Gasteiger partial charge in [0.1, 0.15) is 29.2 Å². The molecule has 0 unspecified atom stereocenters. The lowest BCUT2D eigenvalue weighted by Gasteiger charge is -2.18. The lowest BCUT2D eigenvalue weighted by molar-refractivity contribution is 0.366. The molecule has 142 valence electrons. The van der Waals surface area contributed by atoms with Gasteiger partial charge in [-0.1, -0.05) is 18.2 Å². The molecule has 7 heteroatoms. The molecule has 2 N–H and O–H groups in total. The summed E-state index contributed by atoms with van der Waals surface area (Å²) in [6.07, 6.45) is 3.94. The minimum Gasteiger partial charge on any atom is -0.507 e. The number of benzene rings is 2. The van der Waals surface area contributed by atoms with Gasteiger partial charge in [0.05, 0.1) is 5.39 Å². The molecule has 0 saturated heterocycles. The first-order valence-corrected chi connectivity index (χ1v) is 9.16. The van der Waals surface area contributed by atoms with Crippen LogP contribution in [0, 0.1) is 0 Å². The van der Waals surface area contributed by atoms with Crippen molar-refractivity contribution >= 4 is 44.8 Å². The summed E-state index contributed by atoms with van der Waals surface area (Å²) in [5, 5.41) is 14.9. The number of aromatic amines is 1. The highest BCUT2D eigenvalue weighted by atomic mass is 16.5. The highest BCUT2D eigenvalue weighted by Gasteiger charge is 2.24. The molecule has 1 aliphatic rings. The van der Waals surface area contributed by atoms with Gasteiger partial charge in [0, 0.05) is 47.5 Å². The fourth-order valence-corrected chi connectivity index (χ4v) is 4.04. The van der Waals surface area contributed by atoms with Gasteiger partial charge in [-0.3, -0.25) is 9.48 Å². The molecule has 0 radical (unpaired) electrons. The number of aromatic hydroxyl groups is 1. The molecule has 6 rings (SSSR count). The maximum Gasteiger partial charge on any atom is 0.186 e. The Hall–Kier alpha value is -4.00. The zero-order valence-electron chi connectivity index (χ0n) is 15.4. The number of hydrogen-bond donors (Lipinski definition) is 2. The molecule has 0 aliphatic carbocycles. The summed E-state index contributed by atoms with van der Waals surface area (Å²) < 4.78 is 13.8. The summed E-state index contributed by atoms with van der Waals surface area (Å²) >= 11 is 0. The standard InChI is InChI=1S/C22H15N3O4/c1-25-22-14(9-23-25)18(12-6-11-4-2-3-5-16(11)28-10-12)21-20(24-22)19-15(27)7-13(26)8-17(19)29-21/h2-9,23,27H,10H2,1H3. The SMILES string of the molecule is Cn1[nH]cc2c(C3=Cc4ccccc4OC3)c3oc4cc(=O)cc(O)c4c3nc21. The van der Waals surface area contributed by atoms with Crippen LogP contribution in [0.25, 0.3) is 44.8 Å². The molecule has 0 amide bonds. The van der Waals surface area contributed by atoms with Gasteiger partial charge in [-0.05, 0) is 12.1 Å². The van der Waals surface area contributed by atoms with Crippen LogP contribution >= 0.6 is 0 Å². The van der Waals surface area contributed by atoms with Crippen molar-refractivity contribution in [3.8, 4) is 11.5 Å². The van der Waals surface area contributed by atoms with Crippen molar-refractivity contribution in [2.45, 2.75) is 0 Å². The zero-order valence-corrected chi connectivity index (χ0v) is 15.4. The lowest BCUT2D eigenvalue weighted by Crippen LogP contribution is -2.07. The Morgan fingerprint density at radius 3 is 3.00 bits per heavy atom. The number of ether oxygens (including phenoxy) is 1. The van der Waals surface area contributed by atoms with E-state index >= 15 is 0 Å². The van der Waals surface area contributed by atoms with E-state index in [0.29, 0.717) is 34.3 Å². The van der Waals surface area contributed by atoms with Crippen LogP contribution in [0.3, 0.4) is 0 Å². The van der Waals surface area contributed by atoms with Gasteiger partial charge in [-0.25, -0.2) is 4.98 Å². The van der Waals surface area contributed by atoms with Crippen LogP contribution in [0.1, 0.15) is 11.1 Å². The lowest BCUT2D eigenvalue weighted by atomic mass is 9.98. The van der Waals surface area contributed by atoms with Crippen LogP contribution in [0.4, 0.5) is 0 Å². The van der Waals surface area contributed by atoms with E-state index in [1.807, 2.05) is 37.5 Å². The Kier molecular flexibility index (Phi) is 3.04. The third kappa shape index (κ3) is 2.18. The van der Waals surface area contributed by atoms with Gasteiger partial charge < -0.3 is 19.4 Å². The molecule has 0 bridgehead atoms. The van der Waals surface area contributed by atoms with E-state index < -0.39 is 0 Å². The number of aromatic nitrogens is 3. The molecule has 5 aromatic rings. The second kappa shape index (κ2) is 5.51. The quantitative estimate of drug-likeness (QED) is 0.458. The molecule has 7 nitrogen and oxygen atoms in total. The summed E-state index contributed by atoms with van der Waals surface area (Å²) in [7, 11) is 1.86. The van der Waals surface area contributed by atoms with Crippen molar-refractivity contribution in [1.29, 1.82) is 0 Å². The molecule has 1 aliphatic heterocycles. The summed E-state index contributed by atoms with van der Waals surface area (Å²) in [6.45, 7) is 0.371. The number of aryl methyl sites for hydroxylation is 1. The van der Waals surface area contributed by atoms with Crippen LogP contribution in [0.5, 0.6) is 11.5 Å². The first-order valence-electron chi connectivity index (χ1n) is 9.16. The first kappa shape index (κ1) is 16.0. The van der Waals surface area contributed by atoms with Gasteiger partial charge in [-0.15, -0.1) is 0 Å². The van der Waals surface area contributed by atoms with E-state index in [2.05, 4.69) is 11.2 Å². The van der Waals surface area contributed by atoms with Crippen molar-refractivity contribution in [1.82, 2.24) is 14.8 Å². The fraction of sp³-hybridized carbons (Fsp3) is 0.0909. The summed E-state index contributed by atoms with van der Waals surface area (Å²) in [6, 6.07) is 10.4. The number of nitrogens with zero attached hydrogens (tertiary/aromatic N) is 2. The van der Waals surface area contributed by atoms with E-state index in [1.165, 1.54) is 12.1 Å². The van der Waals surface area contributed by atoms with E-state index in [4.69, 9.17) is 14.1 Å². The minimum absolute atomic E-state index is 0.138. The third-order valence-electron chi connectivity index (χ3n) is 5.35. The largest absolute Gasteiger partial charge is 0.507 e. The number of H-pyrrole nitrogens is 1. The number of phenolic OH excluding ortho intramolecular Hbond substituents is 1. The highest BCUT2D eigenvalue weighted by molar-refractivity contribution is 6.15. The molecule has 0 spiro atoms. The van der Waals surface area contributed by atoms with Crippen molar-refractivity contribution < 1.29 is 14.3 Å². The maximum absolute atomic E-state index is 11.9. The second-order valence-corrected chi connectivity index (χ2v) is 7.15. The van der Waals surface area contributed by atoms with Gasteiger partial charge in [0.25, 0.3) is 0 Å². The average Bonchev–Trinajstić information content (AvgIpc) is 3.26. The number of phenols is 1. The molecular formula is C22H15N3O4. The number of para-hydroxylation sites is 1. The smallest absolute Gasteiger partial charge is 0.186 e. The molecule has 0 saturated carbocycles. The maximum atomic E-state index is 11.9. The second-order valence-electron chi connectivity index (χ2n) is 7.15. The summed E-state index contributed by atoms with van der Waals surface area (Å²) in [5.74, 6) is 0.692. The summed E-state index contributed by atoms with van der Waals surface area (Å²) in [5.41, 5.74) is 4.48. The summed E-state index contributed by atoms with van der Waals surface area (Å²) in [4.78, 5) is 16.6. The number of fused-ring (bicyclic) bond motifs is 5.